The summed E-state index contributed by atoms with van der Waals surface area (Å²) >= 11 is 6.32. The first-order valence-corrected chi connectivity index (χ1v) is 12.4. The quantitative estimate of drug-likeness (QED) is 0.288. The Morgan fingerprint density at radius 3 is 2.09 bits per heavy atom. The number of nitrogens with zero attached hydrogens (tertiary/aromatic N) is 2. The van der Waals surface area contributed by atoms with Crippen LogP contribution >= 0.6 is 23.6 Å². The van der Waals surface area contributed by atoms with Gasteiger partial charge in [0.25, 0.3) is 10.0 Å². The van der Waals surface area contributed by atoms with Gasteiger partial charge in [-0.25, -0.2) is 30.4 Å². The van der Waals surface area contributed by atoms with Crippen molar-refractivity contribution in [1.29, 1.82) is 0 Å². The molecule has 2 saturated heterocycles. The molecule has 3 heterocycles. The largest absolute Gasteiger partial charge is 0.348 e. The van der Waals surface area contributed by atoms with Gasteiger partial charge >= 0.3 is 0 Å². The molecular weight excluding hydrogens is 493 g/mol. The zero-order valence-electron chi connectivity index (χ0n) is 16.5. The molecule has 0 unspecified atom stereocenters. The van der Waals surface area contributed by atoms with E-state index >= 15 is 0 Å². The fourth-order valence-corrected chi connectivity index (χ4v) is 7.00. The second-order valence-corrected chi connectivity index (χ2v) is 11.4. The maximum absolute atomic E-state index is 13.9. The van der Waals surface area contributed by atoms with Crippen LogP contribution in [0.3, 0.4) is 0 Å². The molecule has 0 amide bonds. The Morgan fingerprint density at radius 2 is 1.53 bits per heavy atom. The highest BCUT2D eigenvalue weighted by Crippen LogP contribution is 2.42. The number of sulfonamides is 1. The molecule has 32 heavy (non-hydrogen) atoms. The third-order valence-corrected chi connectivity index (χ3v) is 9.67. The highest BCUT2D eigenvalue weighted by molar-refractivity contribution is 7.91. The van der Waals surface area contributed by atoms with Gasteiger partial charge in [0.1, 0.15) is 9.90 Å². The molecule has 0 radical (unpaired) electrons. The molecule has 1 aromatic carbocycles. The Hall–Kier alpha value is -1.83. The van der Waals surface area contributed by atoms with E-state index in [2.05, 4.69) is 5.32 Å². The van der Waals surface area contributed by atoms with Crippen LogP contribution in [0.25, 0.3) is 0 Å². The van der Waals surface area contributed by atoms with E-state index in [0.717, 1.165) is 11.3 Å². The van der Waals surface area contributed by atoms with E-state index in [9.17, 15) is 30.4 Å². The number of benzene rings is 1. The van der Waals surface area contributed by atoms with Crippen LogP contribution in [0.4, 0.5) is 27.6 Å². The first-order valence-electron chi connectivity index (χ1n) is 9.67. The highest BCUT2D eigenvalue weighted by Gasteiger charge is 2.44. The molecule has 0 bridgehead atoms. The van der Waals surface area contributed by atoms with Gasteiger partial charge in [-0.3, -0.25) is 0 Å². The van der Waals surface area contributed by atoms with Crippen molar-refractivity contribution in [2.24, 2.45) is 5.41 Å². The maximum atomic E-state index is 13.9. The third kappa shape index (κ3) is 3.99. The van der Waals surface area contributed by atoms with Gasteiger partial charge in [-0.1, -0.05) is 6.07 Å². The van der Waals surface area contributed by atoms with Gasteiger partial charge in [-0.05, 0) is 48.3 Å². The van der Waals surface area contributed by atoms with Gasteiger partial charge in [0.15, 0.2) is 28.4 Å². The molecule has 5 nitrogen and oxygen atoms in total. The minimum absolute atomic E-state index is 0.154. The molecule has 2 aliphatic heterocycles. The Kier molecular flexibility index (Phi) is 6.20. The summed E-state index contributed by atoms with van der Waals surface area (Å²) < 4.78 is 95.1. The summed E-state index contributed by atoms with van der Waals surface area (Å²) in [7, 11) is -3.54. The monoisotopic (exact) mass is 511 g/mol. The number of piperidine rings is 1. The molecule has 0 aliphatic carbocycles. The lowest BCUT2D eigenvalue weighted by Gasteiger charge is -2.38. The van der Waals surface area contributed by atoms with Crippen LogP contribution in [-0.2, 0) is 10.0 Å². The number of likely N-dealkylation sites (tertiary alicyclic amines) is 1. The molecule has 0 saturated carbocycles. The summed E-state index contributed by atoms with van der Waals surface area (Å²) in [5, 5.41) is 3.70. The van der Waals surface area contributed by atoms with Crippen molar-refractivity contribution in [1.82, 2.24) is 9.21 Å². The van der Waals surface area contributed by atoms with Gasteiger partial charge < -0.3 is 10.2 Å². The van der Waals surface area contributed by atoms with Crippen LogP contribution in [0, 0.1) is 34.5 Å². The number of halogens is 5. The molecule has 1 N–H and O–H groups in total. The molecule has 2 aliphatic rings. The lowest BCUT2D eigenvalue weighted by molar-refractivity contribution is 0.167. The lowest BCUT2D eigenvalue weighted by atomic mass is 9.78. The number of thiocarbonyl (C=S) groups is 1. The van der Waals surface area contributed by atoms with Crippen LogP contribution in [0.2, 0.25) is 0 Å². The van der Waals surface area contributed by atoms with Gasteiger partial charge in [0.2, 0.25) is 5.82 Å². The van der Waals surface area contributed by atoms with E-state index < -0.39 is 44.8 Å². The van der Waals surface area contributed by atoms with E-state index in [0.29, 0.717) is 45.4 Å². The molecule has 1 spiro atoms. The zero-order valence-corrected chi connectivity index (χ0v) is 19.0. The summed E-state index contributed by atoms with van der Waals surface area (Å²) in [6, 6.07) is 3.24. The number of thiophene rings is 1. The van der Waals surface area contributed by atoms with E-state index in [1.807, 2.05) is 0 Å². The summed E-state index contributed by atoms with van der Waals surface area (Å²) in [5.41, 5.74) is -1.44. The van der Waals surface area contributed by atoms with Crippen molar-refractivity contribution in [3.63, 3.8) is 0 Å². The van der Waals surface area contributed by atoms with Crippen LogP contribution in [0.5, 0.6) is 0 Å². The minimum atomic E-state index is -3.54. The fraction of sp³-hybridized carbons (Fsp3) is 0.421. The minimum Gasteiger partial charge on any atom is -0.348 e. The summed E-state index contributed by atoms with van der Waals surface area (Å²) in [4.78, 5) is 1.61. The molecule has 0 atom stereocenters. The SMILES string of the molecule is O=S(=O)(c1cccs1)N1CCC2(CCN(C(=S)Nc3c(F)c(F)c(F)c(F)c3F)C2)CC1. The second-order valence-electron chi connectivity index (χ2n) is 7.88. The first-order chi connectivity index (χ1) is 15.1. The summed E-state index contributed by atoms with van der Waals surface area (Å²) in [6.45, 7) is 1.46. The molecule has 2 fully saturated rings. The van der Waals surface area contributed by atoms with Crippen molar-refractivity contribution >= 4 is 44.4 Å². The first kappa shape index (κ1) is 23.3. The van der Waals surface area contributed by atoms with Gasteiger partial charge in [0.05, 0.1) is 0 Å². The molecule has 13 heteroatoms. The van der Waals surface area contributed by atoms with Crippen molar-refractivity contribution in [2.75, 3.05) is 31.5 Å². The van der Waals surface area contributed by atoms with Crippen molar-refractivity contribution < 1.29 is 30.4 Å². The number of nitrogens with one attached hydrogen (secondary N) is 1. The Labute approximate surface area is 190 Å². The van der Waals surface area contributed by atoms with Crippen LogP contribution in [0.1, 0.15) is 19.3 Å². The van der Waals surface area contributed by atoms with Gasteiger partial charge in [0, 0.05) is 26.2 Å². The topological polar surface area (TPSA) is 52.7 Å². The predicted octanol–water partition coefficient (Wildman–Crippen LogP) is 4.32. The number of anilines is 1. The number of hydrogen-bond donors (Lipinski definition) is 1. The zero-order chi connectivity index (χ0) is 23.3. The predicted molar refractivity (Wildman–Crippen MR) is 113 cm³/mol. The van der Waals surface area contributed by atoms with Crippen LogP contribution < -0.4 is 5.32 Å². The van der Waals surface area contributed by atoms with Crippen molar-refractivity contribution in [3.05, 3.63) is 46.6 Å². The molecular formula is C19H18F5N3O2S3. The summed E-state index contributed by atoms with van der Waals surface area (Å²) in [6.07, 6.45) is 1.80. The summed E-state index contributed by atoms with van der Waals surface area (Å²) in [5.74, 6) is -10.3. The highest BCUT2D eigenvalue weighted by atomic mass is 32.2. The Balaban J connectivity index is 1.42. The average Bonchev–Trinajstić information content (AvgIpc) is 3.46. The van der Waals surface area contributed by atoms with Gasteiger partial charge in [-0.15, -0.1) is 11.3 Å². The van der Waals surface area contributed by atoms with E-state index in [1.165, 1.54) is 4.31 Å². The standard InChI is InChI=1S/C19H18F5N3O2S3/c20-12-13(21)15(23)17(16(24)14(12)22)25-18(30)26-6-3-19(10-26)4-7-27(8-5-19)32(28,29)11-2-1-9-31-11/h1-2,9H,3-8,10H2,(H,25,30). The van der Waals surface area contributed by atoms with E-state index in [-0.39, 0.29) is 14.7 Å². The Bertz CT molecular complexity index is 1120. The number of rotatable bonds is 3. The molecule has 174 valence electrons. The number of hydrogen-bond acceptors (Lipinski definition) is 4. The lowest BCUT2D eigenvalue weighted by Crippen LogP contribution is -2.44. The van der Waals surface area contributed by atoms with E-state index in [4.69, 9.17) is 12.2 Å². The molecule has 1 aromatic heterocycles. The van der Waals surface area contributed by atoms with Crippen molar-refractivity contribution in [3.8, 4) is 0 Å². The fourth-order valence-electron chi connectivity index (χ4n) is 4.16. The van der Waals surface area contributed by atoms with Gasteiger partial charge in [-0.2, -0.15) is 4.31 Å². The maximum Gasteiger partial charge on any atom is 0.252 e. The third-order valence-electron chi connectivity index (χ3n) is 6.04. The molecule has 2 aromatic rings. The van der Waals surface area contributed by atoms with Crippen LogP contribution in [0.15, 0.2) is 21.7 Å². The smallest absolute Gasteiger partial charge is 0.252 e. The normalized spacial score (nSPS) is 19.0. The molecule has 4 rings (SSSR count). The Morgan fingerprint density at radius 1 is 0.969 bits per heavy atom. The van der Waals surface area contributed by atoms with Crippen LogP contribution in [-0.4, -0.2) is 48.9 Å². The second kappa shape index (κ2) is 8.50. The van der Waals surface area contributed by atoms with Crippen molar-refractivity contribution in [2.45, 2.75) is 23.5 Å². The average molecular weight is 512 g/mol. The van der Waals surface area contributed by atoms with E-state index in [1.54, 1.807) is 22.4 Å².